The molecule has 11 heteroatoms. The number of alkyl halides is 1. The van der Waals surface area contributed by atoms with Crippen molar-refractivity contribution in [2.24, 2.45) is 0 Å². The molecule has 21 heavy (non-hydrogen) atoms. The van der Waals surface area contributed by atoms with Crippen LogP contribution in [-0.4, -0.2) is 59.5 Å². The van der Waals surface area contributed by atoms with E-state index >= 15 is 0 Å². The molecule has 0 spiro atoms. The number of fused-ring (bicyclic) bond motifs is 1. The number of hydrogen-bond acceptors (Lipinski definition) is 8. The number of hydrogen-bond donors (Lipinski definition) is 4. The number of nitrogens with zero attached hydrogens (tertiary/aromatic N) is 4. The zero-order valence-electron chi connectivity index (χ0n) is 10.4. The molecule has 4 atom stereocenters. The molecule has 5 N–H and O–H groups in total. The van der Waals surface area contributed by atoms with E-state index in [-0.39, 0.29) is 22.3 Å². The largest absolute Gasteiger partial charge is 0.390 e. The number of halogens is 2. The molecule has 3 heterocycles. The Morgan fingerprint density at radius 1 is 1.48 bits per heavy atom. The molecule has 2 aromatic rings. The van der Waals surface area contributed by atoms with E-state index in [1.165, 1.54) is 6.33 Å². The highest BCUT2D eigenvalue weighted by Crippen LogP contribution is 2.39. The molecule has 0 aliphatic carbocycles. The number of ether oxygens (including phenoxy) is 1. The Bertz CT molecular complexity index is 699. The summed E-state index contributed by atoms with van der Waals surface area (Å²) >= 11 is 5.70. The molecule has 0 radical (unpaired) electrons. The van der Waals surface area contributed by atoms with Gasteiger partial charge in [0.05, 0.1) is 6.33 Å². The molecular formula is C10H11ClFN5O4. The van der Waals surface area contributed by atoms with Crippen molar-refractivity contribution in [2.45, 2.75) is 24.3 Å². The Morgan fingerprint density at radius 3 is 2.81 bits per heavy atom. The first-order valence-corrected chi connectivity index (χ1v) is 6.24. The van der Waals surface area contributed by atoms with Crippen LogP contribution in [0, 0.1) is 0 Å². The van der Waals surface area contributed by atoms with Gasteiger partial charge in [-0.1, -0.05) is 0 Å². The Balaban J connectivity index is 2.10. The lowest BCUT2D eigenvalue weighted by molar-refractivity contribution is -0.206. The van der Waals surface area contributed by atoms with Gasteiger partial charge in [0.1, 0.15) is 24.3 Å². The van der Waals surface area contributed by atoms with Crippen LogP contribution in [0.25, 0.3) is 11.2 Å². The van der Waals surface area contributed by atoms with E-state index in [9.17, 15) is 14.6 Å². The number of aliphatic hydroxyl groups is 3. The number of anilines is 1. The molecule has 2 aromatic heterocycles. The standard InChI is InChI=1S/C10H11ClFN5O4/c11-9-15-6(13)3-7(16-9)17(2-14-3)8-4(19)5(20)10(12,1-18)21-8/h2,4-5,8,18-20H,1H2,(H2,13,15,16)/t4-,5+,8-,10-/m1/s1. The van der Waals surface area contributed by atoms with E-state index in [4.69, 9.17) is 27.2 Å². The summed E-state index contributed by atoms with van der Waals surface area (Å²) in [6, 6.07) is 0. The second kappa shape index (κ2) is 4.71. The fourth-order valence-corrected chi connectivity index (χ4v) is 2.37. The Hall–Kier alpha value is -1.59. The van der Waals surface area contributed by atoms with Gasteiger partial charge in [0.2, 0.25) is 5.28 Å². The Morgan fingerprint density at radius 2 is 2.19 bits per heavy atom. The minimum Gasteiger partial charge on any atom is -0.390 e. The first-order valence-electron chi connectivity index (χ1n) is 5.86. The summed E-state index contributed by atoms with van der Waals surface area (Å²) in [5.74, 6) is -2.78. The first-order chi connectivity index (χ1) is 9.87. The third-order valence-corrected chi connectivity index (χ3v) is 3.45. The molecule has 1 saturated heterocycles. The monoisotopic (exact) mass is 319 g/mol. The Kier molecular flexibility index (Phi) is 3.22. The summed E-state index contributed by atoms with van der Waals surface area (Å²) in [7, 11) is 0. The van der Waals surface area contributed by atoms with Crippen molar-refractivity contribution < 1.29 is 24.4 Å². The second-order valence-electron chi connectivity index (χ2n) is 4.59. The predicted octanol–water partition coefficient (Wildman–Crippen LogP) is -1.03. The topological polar surface area (TPSA) is 140 Å². The van der Waals surface area contributed by atoms with Gasteiger partial charge in [-0.25, -0.2) is 9.37 Å². The van der Waals surface area contributed by atoms with Gasteiger partial charge in [-0.15, -0.1) is 0 Å². The van der Waals surface area contributed by atoms with Crippen LogP contribution in [0.2, 0.25) is 5.28 Å². The minimum atomic E-state index is -2.79. The lowest BCUT2D eigenvalue weighted by Crippen LogP contribution is -2.42. The van der Waals surface area contributed by atoms with Gasteiger partial charge in [-0.3, -0.25) is 4.57 Å². The van der Waals surface area contributed by atoms with Crippen LogP contribution < -0.4 is 5.73 Å². The van der Waals surface area contributed by atoms with Gasteiger partial charge in [-0.2, -0.15) is 9.97 Å². The van der Waals surface area contributed by atoms with E-state index < -0.39 is 30.9 Å². The molecule has 0 amide bonds. The van der Waals surface area contributed by atoms with Gasteiger partial charge in [-0.05, 0) is 11.6 Å². The summed E-state index contributed by atoms with van der Waals surface area (Å²) in [5.41, 5.74) is 5.92. The summed E-state index contributed by atoms with van der Waals surface area (Å²) in [6.07, 6.45) is -3.74. The van der Waals surface area contributed by atoms with Crippen LogP contribution in [0.3, 0.4) is 0 Å². The zero-order chi connectivity index (χ0) is 15.4. The fourth-order valence-electron chi connectivity index (χ4n) is 2.20. The number of aliphatic hydroxyl groups excluding tert-OH is 3. The molecule has 0 unspecified atom stereocenters. The number of nitrogens with two attached hydrogens (primary N) is 1. The van der Waals surface area contributed by atoms with Gasteiger partial charge in [0.25, 0.3) is 5.85 Å². The van der Waals surface area contributed by atoms with E-state index in [0.717, 1.165) is 4.57 Å². The van der Waals surface area contributed by atoms with Crippen LogP contribution in [0.5, 0.6) is 0 Å². The lowest BCUT2D eigenvalue weighted by Gasteiger charge is -2.19. The zero-order valence-corrected chi connectivity index (χ0v) is 11.1. The van der Waals surface area contributed by atoms with Crippen molar-refractivity contribution in [3.8, 4) is 0 Å². The Labute approximate surface area is 121 Å². The molecule has 0 aromatic carbocycles. The molecule has 0 bridgehead atoms. The number of aromatic nitrogens is 4. The van der Waals surface area contributed by atoms with Crippen LogP contribution in [0.4, 0.5) is 10.2 Å². The van der Waals surface area contributed by atoms with Gasteiger partial charge < -0.3 is 25.8 Å². The van der Waals surface area contributed by atoms with Crippen LogP contribution in [0.15, 0.2) is 6.33 Å². The third kappa shape index (κ3) is 2.03. The van der Waals surface area contributed by atoms with Crippen LogP contribution in [-0.2, 0) is 4.74 Å². The normalized spacial score (nSPS) is 32.9. The van der Waals surface area contributed by atoms with Crippen molar-refractivity contribution in [1.29, 1.82) is 0 Å². The van der Waals surface area contributed by atoms with Gasteiger partial charge in [0.15, 0.2) is 17.7 Å². The number of imidazole rings is 1. The highest BCUT2D eigenvalue weighted by Gasteiger charge is 2.56. The molecule has 1 aliphatic rings. The smallest absolute Gasteiger partial charge is 0.263 e. The fraction of sp³-hybridized carbons (Fsp3) is 0.500. The average Bonchev–Trinajstić information content (AvgIpc) is 2.95. The van der Waals surface area contributed by atoms with Crippen molar-refractivity contribution >= 4 is 28.6 Å². The number of nitrogen functional groups attached to an aromatic ring is 1. The average molecular weight is 320 g/mol. The van der Waals surface area contributed by atoms with Crippen molar-refractivity contribution in [3.63, 3.8) is 0 Å². The second-order valence-corrected chi connectivity index (χ2v) is 4.93. The number of rotatable bonds is 2. The molecule has 114 valence electrons. The molecular weight excluding hydrogens is 309 g/mol. The maximum absolute atomic E-state index is 14.1. The summed E-state index contributed by atoms with van der Waals surface area (Å²) < 4.78 is 20.2. The lowest BCUT2D eigenvalue weighted by atomic mass is 10.1. The molecule has 1 aliphatic heterocycles. The van der Waals surface area contributed by atoms with Crippen molar-refractivity contribution in [3.05, 3.63) is 11.6 Å². The van der Waals surface area contributed by atoms with Gasteiger partial charge in [0, 0.05) is 0 Å². The maximum atomic E-state index is 14.1. The maximum Gasteiger partial charge on any atom is 0.263 e. The van der Waals surface area contributed by atoms with Gasteiger partial charge >= 0.3 is 0 Å². The molecule has 1 fully saturated rings. The van der Waals surface area contributed by atoms with Crippen molar-refractivity contribution in [2.75, 3.05) is 12.3 Å². The van der Waals surface area contributed by atoms with Crippen LogP contribution in [0.1, 0.15) is 6.23 Å². The SMILES string of the molecule is Nc1nc(Cl)nc2c1ncn2[C@@H]1O[C@](F)(CO)[C@@H](O)[C@H]1O. The van der Waals surface area contributed by atoms with E-state index in [1.54, 1.807) is 0 Å². The van der Waals surface area contributed by atoms with E-state index in [0.29, 0.717) is 0 Å². The van der Waals surface area contributed by atoms with Crippen LogP contribution >= 0.6 is 11.6 Å². The summed E-state index contributed by atoms with van der Waals surface area (Å²) in [6.45, 7) is -1.12. The minimum absolute atomic E-state index is 0.00505. The molecule has 0 saturated carbocycles. The summed E-state index contributed by atoms with van der Waals surface area (Å²) in [5, 5.41) is 28.4. The van der Waals surface area contributed by atoms with Crippen molar-refractivity contribution in [1.82, 2.24) is 19.5 Å². The first kappa shape index (κ1) is 14.4. The summed E-state index contributed by atoms with van der Waals surface area (Å²) in [4.78, 5) is 11.5. The van der Waals surface area contributed by atoms with E-state index in [1.807, 2.05) is 0 Å². The predicted molar refractivity (Wildman–Crippen MR) is 67.8 cm³/mol. The third-order valence-electron chi connectivity index (χ3n) is 3.28. The van der Waals surface area contributed by atoms with E-state index in [2.05, 4.69) is 15.0 Å². The quantitative estimate of drug-likeness (QED) is 0.515. The molecule has 3 rings (SSSR count). The highest BCUT2D eigenvalue weighted by molar-refractivity contribution is 6.28. The molecule has 9 nitrogen and oxygen atoms in total. The highest BCUT2D eigenvalue weighted by atomic mass is 35.5.